The zero-order valence-electron chi connectivity index (χ0n) is 16.1. The summed E-state index contributed by atoms with van der Waals surface area (Å²) in [6.07, 6.45) is 3.47. The van der Waals surface area contributed by atoms with Gasteiger partial charge in [-0.1, -0.05) is 45.0 Å². The summed E-state index contributed by atoms with van der Waals surface area (Å²) in [5, 5.41) is 19.8. The van der Waals surface area contributed by atoms with Crippen LogP contribution in [-0.2, 0) is 5.41 Å². The zero-order chi connectivity index (χ0) is 18.4. The second-order valence-corrected chi connectivity index (χ2v) is 9.12. The molecule has 3 rings (SSSR count). The molecule has 0 spiro atoms. The van der Waals surface area contributed by atoms with E-state index in [2.05, 4.69) is 45.0 Å². The van der Waals surface area contributed by atoms with E-state index in [9.17, 15) is 10.2 Å². The van der Waals surface area contributed by atoms with Crippen LogP contribution in [0.1, 0.15) is 62.3 Å². The second-order valence-electron chi connectivity index (χ2n) is 9.12. The van der Waals surface area contributed by atoms with Crippen LogP contribution in [0.3, 0.4) is 0 Å². The van der Waals surface area contributed by atoms with E-state index in [1.54, 1.807) is 0 Å². The highest BCUT2D eigenvalue weighted by atomic mass is 16.3. The van der Waals surface area contributed by atoms with E-state index in [4.69, 9.17) is 0 Å². The summed E-state index contributed by atoms with van der Waals surface area (Å²) in [6, 6.07) is 12.0. The summed E-state index contributed by atoms with van der Waals surface area (Å²) in [7, 11) is 0. The third kappa shape index (κ3) is 3.40. The van der Waals surface area contributed by atoms with Gasteiger partial charge in [-0.2, -0.15) is 0 Å². The fourth-order valence-electron chi connectivity index (χ4n) is 4.48. The van der Waals surface area contributed by atoms with Crippen LogP contribution < -0.4 is 0 Å². The van der Waals surface area contributed by atoms with Gasteiger partial charge in [-0.05, 0) is 78.8 Å². The highest BCUT2D eigenvalue weighted by Crippen LogP contribution is 2.56. The van der Waals surface area contributed by atoms with Gasteiger partial charge in [0.2, 0.25) is 0 Å². The average Bonchev–Trinajstić information content (AvgIpc) is 2.47. The van der Waals surface area contributed by atoms with Crippen molar-refractivity contribution in [1.29, 1.82) is 0 Å². The van der Waals surface area contributed by atoms with Crippen LogP contribution in [0, 0.1) is 25.2 Å². The summed E-state index contributed by atoms with van der Waals surface area (Å²) in [5.74, 6) is 1.42. The zero-order valence-corrected chi connectivity index (χ0v) is 16.1. The fraction of sp³-hybridized carbons (Fsp3) is 0.478. The number of hydrogen-bond donors (Lipinski definition) is 2. The third-order valence-electron chi connectivity index (χ3n) is 5.67. The Morgan fingerprint density at radius 2 is 1.32 bits per heavy atom. The molecule has 2 heteroatoms. The smallest absolute Gasteiger partial charge is 0.118 e. The van der Waals surface area contributed by atoms with Gasteiger partial charge in [-0.15, -0.1) is 0 Å². The first-order valence-electron chi connectivity index (χ1n) is 9.21. The van der Waals surface area contributed by atoms with Crippen molar-refractivity contribution in [2.75, 3.05) is 0 Å². The molecule has 0 amide bonds. The highest BCUT2D eigenvalue weighted by molar-refractivity contribution is 5.49. The maximum Gasteiger partial charge on any atom is 0.118 e. The molecular weight excluding hydrogens is 308 g/mol. The Kier molecular flexibility index (Phi) is 4.35. The Balaban J connectivity index is 2.01. The van der Waals surface area contributed by atoms with E-state index in [1.807, 2.05) is 26.0 Å². The molecule has 0 atom stereocenters. The Morgan fingerprint density at radius 3 is 1.68 bits per heavy atom. The van der Waals surface area contributed by atoms with E-state index in [1.165, 1.54) is 17.5 Å². The number of hydrogen-bond acceptors (Lipinski definition) is 2. The van der Waals surface area contributed by atoms with Gasteiger partial charge in [0, 0.05) is 5.41 Å². The molecule has 2 aromatic rings. The first kappa shape index (κ1) is 17.8. The van der Waals surface area contributed by atoms with Crippen molar-refractivity contribution in [2.45, 2.75) is 59.3 Å². The van der Waals surface area contributed by atoms with Crippen molar-refractivity contribution in [1.82, 2.24) is 0 Å². The molecule has 1 aliphatic rings. The van der Waals surface area contributed by atoms with Gasteiger partial charge >= 0.3 is 0 Å². The second kappa shape index (κ2) is 6.09. The van der Waals surface area contributed by atoms with Gasteiger partial charge in [0.1, 0.15) is 11.5 Å². The lowest BCUT2D eigenvalue weighted by molar-refractivity contribution is 0.127. The third-order valence-corrected chi connectivity index (χ3v) is 5.67. The molecule has 1 saturated carbocycles. The number of phenolic OH excluding ortho intramolecular Hbond substituents is 2. The van der Waals surface area contributed by atoms with Crippen LogP contribution in [0.25, 0.3) is 0 Å². The van der Waals surface area contributed by atoms with Crippen LogP contribution in [0.5, 0.6) is 11.5 Å². The van der Waals surface area contributed by atoms with Crippen LogP contribution in [0.15, 0.2) is 36.4 Å². The Bertz CT molecular complexity index is 724. The fourth-order valence-corrected chi connectivity index (χ4v) is 4.48. The minimum absolute atomic E-state index is 0.00711. The van der Waals surface area contributed by atoms with Gasteiger partial charge in [0.05, 0.1) is 0 Å². The monoisotopic (exact) mass is 338 g/mol. The molecule has 0 saturated heterocycles. The Hall–Kier alpha value is -1.96. The SMILES string of the molecule is Cc1cc(C2(c3ccc(O)c(C)c3)CC(CC(C)(C)C)C2)ccc1O. The first-order valence-corrected chi connectivity index (χ1v) is 9.21. The molecule has 1 fully saturated rings. The maximum atomic E-state index is 9.92. The van der Waals surface area contributed by atoms with Crippen LogP contribution >= 0.6 is 0 Å². The standard InChI is InChI=1S/C23H30O2/c1-15-10-18(6-8-20(15)24)23(13-17(14-23)12-22(3,4)5)19-7-9-21(25)16(2)11-19/h6-11,17,24-25H,12-14H2,1-5H3. The van der Waals surface area contributed by atoms with Gasteiger partial charge in [0.15, 0.2) is 0 Å². The van der Waals surface area contributed by atoms with Gasteiger partial charge in [0.25, 0.3) is 0 Å². The lowest BCUT2D eigenvalue weighted by Crippen LogP contribution is -2.43. The van der Waals surface area contributed by atoms with Crippen LogP contribution in [-0.4, -0.2) is 10.2 Å². The van der Waals surface area contributed by atoms with Crippen molar-refractivity contribution in [3.8, 4) is 11.5 Å². The van der Waals surface area contributed by atoms with Gasteiger partial charge in [-0.25, -0.2) is 0 Å². The molecule has 1 aliphatic carbocycles. The Morgan fingerprint density at radius 1 is 0.880 bits per heavy atom. The summed E-state index contributed by atoms with van der Waals surface area (Å²) in [5.41, 5.74) is 4.73. The summed E-state index contributed by atoms with van der Waals surface area (Å²) < 4.78 is 0. The van der Waals surface area contributed by atoms with E-state index >= 15 is 0 Å². The molecule has 0 heterocycles. The molecule has 0 aliphatic heterocycles. The molecule has 0 bridgehead atoms. The summed E-state index contributed by atoms with van der Waals surface area (Å²) in [6.45, 7) is 10.8. The molecule has 0 unspecified atom stereocenters. The predicted octanol–water partition coefficient (Wildman–Crippen LogP) is 5.85. The molecule has 0 aromatic heterocycles. The molecule has 2 nitrogen and oxygen atoms in total. The molecule has 25 heavy (non-hydrogen) atoms. The molecule has 2 N–H and O–H groups in total. The quantitative estimate of drug-likeness (QED) is 0.737. The normalized spacial score (nSPS) is 17.3. The van der Waals surface area contributed by atoms with Gasteiger partial charge < -0.3 is 10.2 Å². The lowest BCUT2D eigenvalue weighted by Gasteiger charge is -2.51. The van der Waals surface area contributed by atoms with Gasteiger partial charge in [-0.3, -0.25) is 0 Å². The summed E-state index contributed by atoms with van der Waals surface area (Å²) in [4.78, 5) is 0. The van der Waals surface area contributed by atoms with Crippen LogP contribution in [0.2, 0.25) is 0 Å². The average molecular weight is 338 g/mol. The molecular formula is C23H30O2. The van der Waals surface area contributed by atoms with Crippen molar-refractivity contribution in [3.05, 3.63) is 58.7 Å². The Labute approximate surface area is 151 Å². The minimum Gasteiger partial charge on any atom is -0.508 e. The topological polar surface area (TPSA) is 40.5 Å². The van der Waals surface area contributed by atoms with Crippen LogP contribution in [0.4, 0.5) is 0 Å². The maximum absolute atomic E-state index is 9.92. The van der Waals surface area contributed by atoms with E-state index in [-0.39, 0.29) is 5.41 Å². The number of aromatic hydroxyl groups is 2. The summed E-state index contributed by atoms with van der Waals surface area (Å²) >= 11 is 0. The van der Waals surface area contributed by atoms with Crippen molar-refractivity contribution < 1.29 is 10.2 Å². The number of phenols is 2. The van der Waals surface area contributed by atoms with Crippen molar-refractivity contribution in [3.63, 3.8) is 0 Å². The molecule has 2 aromatic carbocycles. The first-order chi connectivity index (χ1) is 11.6. The lowest BCUT2D eigenvalue weighted by atomic mass is 9.53. The van der Waals surface area contributed by atoms with Crippen molar-refractivity contribution in [2.24, 2.45) is 11.3 Å². The number of rotatable bonds is 3. The molecule has 134 valence electrons. The number of aryl methyl sites for hydroxylation is 2. The van der Waals surface area contributed by atoms with Crippen molar-refractivity contribution >= 4 is 0 Å². The molecule has 0 radical (unpaired) electrons. The van der Waals surface area contributed by atoms with E-state index in [0.29, 0.717) is 22.8 Å². The minimum atomic E-state index is -0.00711. The largest absolute Gasteiger partial charge is 0.508 e. The van der Waals surface area contributed by atoms with E-state index in [0.717, 1.165) is 24.0 Å². The number of benzene rings is 2. The van der Waals surface area contributed by atoms with E-state index < -0.39 is 0 Å². The highest BCUT2D eigenvalue weighted by Gasteiger charge is 2.47. The predicted molar refractivity (Wildman–Crippen MR) is 103 cm³/mol.